The molecule has 0 radical (unpaired) electrons. The molecule has 39 heavy (non-hydrogen) atoms. The first kappa shape index (κ1) is 28.3. The molecule has 9 nitrogen and oxygen atoms in total. The van der Waals surface area contributed by atoms with Crippen molar-refractivity contribution in [2.24, 2.45) is 0 Å². The lowest BCUT2D eigenvalue weighted by molar-refractivity contribution is -0.245. The third kappa shape index (κ3) is 7.90. The van der Waals surface area contributed by atoms with E-state index in [2.05, 4.69) is 5.32 Å². The Morgan fingerprint density at radius 3 is 2.38 bits per heavy atom. The Labute approximate surface area is 229 Å². The zero-order chi connectivity index (χ0) is 27.8. The van der Waals surface area contributed by atoms with Crippen molar-refractivity contribution >= 4 is 35.3 Å². The highest BCUT2D eigenvalue weighted by Gasteiger charge is 2.32. The second kappa shape index (κ2) is 13.4. The fraction of sp³-hybridized carbons (Fsp3) is 0.276. The number of nitrogens with one attached hydrogen (secondary N) is 1. The number of aliphatic hydroxyl groups excluding tert-OH is 1. The Morgan fingerprint density at radius 1 is 0.897 bits per heavy atom. The van der Waals surface area contributed by atoms with Crippen LogP contribution in [0.5, 0.6) is 0 Å². The maximum absolute atomic E-state index is 12.1. The predicted octanol–water partition coefficient (Wildman–Crippen LogP) is 5.02. The lowest BCUT2D eigenvalue weighted by Gasteiger charge is -2.36. The third-order valence-electron chi connectivity index (χ3n) is 6.17. The number of anilines is 1. The van der Waals surface area contributed by atoms with Crippen LogP contribution < -0.4 is 5.32 Å². The molecule has 1 saturated heterocycles. The molecule has 3 aromatic rings. The van der Waals surface area contributed by atoms with E-state index in [9.17, 15) is 24.6 Å². The number of aromatic carboxylic acids is 1. The van der Waals surface area contributed by atoms with Gasteiger partial charge >= 0.3 is 11.9 Å². The summed E-state index contributed by atoms with van der Waals surface area (Å²) in [5.74, 6) is -1.96. The Kier molecular flexibility index (Phi) is 9.72. The summed E-state index contributed by atoms with van der Waals surface area (Å²) in [7, 11) is 0. The Bertz CT molecular complexity index is 1310. The van der Waals surface area contributed by atoms with Crippen LogP contribution in [0.2, 0.25) is 0 Å². The van der Waals surface area contributed by atoms with Gasteiger partial charge in [0.2, 0.25) is 5.91 Å². The zero-order valence-corrected chi connectivity index (χ0v) is 21.8. The molecule has 0 saturated carbocycles. The maximum atomic E-state index is 12.1. The van der Waals surface area contributed by atoms with E-state index in [1.165, 1.54) is 11.8 Å². The molecular weight excluding hydrogens is 522 g/mol. The van der Waals surface area contributed by atoms with E-state index < -0.39 is 24.1 Å². The van der Waals surface area contributed by atoms with Gasteiger partial charge in [-0.2, -0.15) is 0 Å². The number of ether oxygens (including phenoxy) is 2. The molecule has 3 aromatic carbocycles. The molecule has 204 valence electrons. The van der Waals surface area contributed by atoms with E-state index >= 15 is 0 Å². The van der Waals surface area contributed by atoms with Crippen LogP contribution in [-0.2, 0) is 25.7 Å². The molecule has 3 atom stereocenters. The van der Waals surface area contributed by atoms with Crippen LogP contribution in [0.1, 0.15) is 58.7 Å². The standard InChI is InChI=1S/C29H29NO8S/c31-16-18-8-10-19(11-9-18)24-15-22(17-39-25-7-2-1-6-23(25)28(35)36)37-29(38-24)20-4-3-5-21(14-20)30-26(32)12-13-27(33)34/h1-11,14,22,24,29,31H,12-13,15-17H2,(H,30,32)(H,33,34)(H,35,36). The molecule has 3 unspecified atom stereocenters. The zero-order valence-electron chi connectivity index (χ0n) is 21.0. The number of hydrogen-bond donors (Lipinski definition) is 4. The quantitative estimate of drug-likeness (QED) is 0.242. The number of hydrogen-bond acceptors (Lipinski definition) is 7. The van der Waals surface area contributed by atoms with Gasteiger partial charge < -0.3 is 30.1 Å². The SMILES string of the molecule is O=C(O)CCC(=O)Nc1cccc(C2OC(CSc3ccccc3C(=O)O)CC(c3ccc(CO)cc3)O2)c1. The van der Waals surface area contributed by atoms with Crippen molar-refractivity contribution in [2.75, 3.05) is 11.1 Å². The first-order valence-electron chi connectivity index (χ1n) is 12.4. The number of carbonyl (C=O) groups excluding carboxylic acids is 1. The number of aliphatic hydroxyl groups is 1. The van der Waals surface area contributed by atoms with Crippen molar-refractivity contribution in [2.45, 2.75) is 49.3 Å². The van der Waals surface area contributed by atoms with Crippen molar-refractivity contribution in [3.63, 3.8) is 0 Å². The summed E-state index contributed by atoms with van der Waals surface area (Å²) in [5, 5.41) is 30.5. The molecule has 0 aliphatic carbocycles. The van der Waals surface area contributed by atoms with Crippen molar-refractivity contribution in [3.8, 4) is 0 Å². The van der Waals surface area contributed by atoms with Gasteiger partial charge in [-0.3, -0.25) is 9.59 Å². The minimum Gasteiger partial charge on any atom is -0.481 e. The molecule has 0 bridgehead atoms. The molecule has 10 heteroatoms. The molecule has 1 aliphatic heterocycles. The van der Waals surface area contributed by atoms with Gasteiger partial charge in [0.1, 0.15) is 0 Å². The van der Waals surface area contributed by atoms with Gasteiger partial charge in [0.05, 0.1) is 30.8 Å². The van der Waals surface area contributed by atoms with Crippen molar-refractivity contribution in [1.82, 2.24) is 0 Å². The predicted molar refractivity (Wildman–Crippen MR) is 144 cm³/mol. The summed E-state index contributed by atoms with van der Waals surface area (Å²) >= 11 is 1.40. The highest BCUT2D eigenvalue weighted by molar-refractivity contribution is 7.99. The number of carboxylic acid groups (broad SMARTS) is 2. The third-order valence-corrected chi connectivity index (χ3v) is 7.37. The van der Waals surface area contributed by atoms with Gasteiger partial charge in [-0.25, -0.2) is 4.79 Å². The normalized spacial score (nSPS) is 18.8. The summed E-state index contributed by atoms with van der Waals surface area (Å²) in [5.41, 5.74) is 3.09. The van der Waals surface area contributed by atoms with E-state index in [4.69, 9.17) is 14.6 Å². The smallest absolute Gasteiger partial charge is 0.336 e. The summed E-state index contributed by atoms with van der Waals surface area (Å²) in [6.07, 6.45) is -1.25. The van der Waals surface area contributed by atoms with Gasteiger partial charge in [-0.1, -0.05) is 48.5 Å². The van der Waals surface area contributed by atoms with Gasteiger partial charge in [0, 0.05) is 34.7 Å². The topological polar surface area (TPSA) is 142 Å². The Balaban J connectivity index is 1.53. The van der Waals surface area contributed by atoms with Gasteiger partial charge in [-0.15, -0.1) is 11.8 Å². The molecule has 4 rings (SSSR count). The van der Waals surface area contributed by atoms with Gasteiger partial charge in [-0.05, 0) is 35.4 Å². The van der Waals surface area contributed by atoms with Crippen LogP contribution in [0.25, 0.3) is 0 Å². The van der Waals surface area contributed by atoms with Crippen LogP contribution in [0, 0.1) is 0 Å². The van der Waals surface area contributed by atoms with Crippen LogP contribution >= 0.6 is 11.8 Å². The number of rotatable bonds is 11. The van der Waals surface area contributed by atoms with Crippen LogP contribution in [0.15, 0.2) is 77.7 Å². The number of thioether (sulfide) groups is 1. The van der Waals surface area contributed by atoms with Crippen LogP contribution in [0.3, 0.4) is 0 Å². The van der Waals surface area contributed by atoms with E-state index in [0.29, 0.717) is 28.3 Å². The molecule has 1 amide bonds. The molecule has 1 fully saturated rings. The summed E-state index contributed by atoms with van der Waals surface area (Å²) in [6.45, 7) is -0.0647. The summed E-state index contributed by atoms with van der Waals surface area (Å²) < 4.78 is 12.6. The Morgan fingerprint density at radius 2 is 1.67 bits per heavy atom. The molecular formula is C29H29NO8S. The van der Waals surface area contributed by atoms with Crippen LogP contribution in [0.4, 0.5) is 5.69 Å². The number of carboxylic acids is 2. The lowest BCUT2D eigenvalue weighted by atomic mass is 10.0. The first-order valence-corrected chi connectivity index (χ1v) is 13.4. The average molecular weight is 552 g/mol. The van der Waals surface area contributed by atoms with Gasteiger partial charge in [0.25, 0.3) is 0 Å². The van der Waals surface area contributed by atoms with Crippen LogP contribution in [-0.4, -0.2) is 45.0 Å². The van der Waals surface area contributed by atoms with E-state index in [-0.39, 0.29) is 37.2 Å². The molecule has 0 aromatic heterocycles. The van der Waals surface area contributed by atoms with Gasteiger partial charge in [0.15, 0.2) is 6.29 Å². The second-order valence-corrected chi connectivity index (χ2v) is 10.1. The monoisotopic (exact) mass is 551 g/mol. The van der Waals surface area contributed by atoms with E-state index in [0.717, 1.165) is 11.1 Å². The van der Waals surface area contributed by atoms with E-state index in [1.54, 1.807) is 42.5 Å². The van der Waals surface area contributed by atoms with Crippen molar-refractivity contribution in [1.29, 1.82) is 0 Å². The number of aliphatic carboxylic acids is 1. The second-order valence-electron chi connectivity index (χ2n) is 9.03. The largest absolute Gasteiger partial charge is 0.481 e. The minimum absolute atomic E-state index is 0.0647. The summed E-state index contributed by atoms with van der Waals surface area (Å²) in [4.78, 5) is 35.2. The number of amides is 1. The highest BCUT2D eigenvalue weighted by Crippen LogP contribution is 2.40. The molecule has 0 spiro atoms. The minimum atomic E-state index is -1.05. The van der Waals surface area contributed by atoms with E-state index in [1.807, 2.05) is 30.3 Å². The average Bonchev–Trinajstić information content (AvgIpc) is 2.95. The van der Waals surface area contributed by atoms with Crippen molar-refractivity contribution < 1.29 is 39.2 Å². The number of benzene rings is 3. The fourth-order valence-corrected chi connectivity index (χ4v) is 5.25. The first-order chi connectivity index (χ1) is 18.8. The lowest BCUT2D eigenvalue weighted by Crippen LogP contribution is -2.31. The highest BCUT2D eigenvalue weighted by atomic mass is 32.2. The fourth-order valence-electron chi connectivity index (χ4n) is 4.18. The molecule has 1 heterocycles. The number of carbonyl (C=O) groups is 3. The summed E-state index contributed by atoms with van der Waals surface area (Å²) in [6, 6.07) is 21.3. The maximum Gasteiger partial charge on any atom is 0.336 e. The molecule has 4 N–H and O–H groups in total. The molecule has 1 aliphatic rings. The van der Waals surface area contributed by atoms with Crippen molar-refractivity contribution in [3.05, 3.63) is 95.1 Å². The Hall–Kier alpha value is -3.70.